The highest BCUT2D eigenvalue weighted by molar-refractivity contribution is 7.13. The van der Waals surface area contributed by atoms with Gasteiger partial charge in [0.2, 0.25) is 11.7 Å². The molecule has 3 aromatic heterocycles. The van der Waals surface area contributed by atoms with Crippen molar-refractivity contribution in [2.75, 3.05) is 26.2 Å². The van der Waals surface area contributed by atoms with Crippen LogP contribution >= 0.6 is 11.3 Å². The number of rotatable bonds is 5. The Bertz CT molecular complexity index is 1300. The molecule has 0 atom stereocenters. The van der Waals surface area contributed by atoms with Crippen LogP contribution in [0.1, 0.15) is 39.6 Å². The molecule has 34 heavy (non-hydrogen) atoms. The predicted octanol–water partition coefficient (Wildman–Crippen LogP) is 3.74. The predicted molar refractivity (Wildman–Crippen MR) is 129 cm³/mol. The van der Waals surface area contributed by atoms with E-state index in [1.54, 1.807) is 11.3 Å². The summed E-state index contributed by atoms with van der Waals surface area (Å²) < 4.78 is 7.43. The molecule has 174 valence electrons. The molecule has 1 aliphatic carbocycles. The first-order valence-corrected chi connectivity index (χ1v) is 12.6. The molecule has 0 bridgehead atoms. The van der Waals surface area contributed by atoms with Crippen molar-refractivity contribution < 1.29 is 9.32 Å². The van der Waals surface area contributed by atoms with Gasteiger partial charge in [0.05, 0.1) is 17.1 Å². The summed E-state index contributed by atoms with van der Waals surface area (Å²) in [5.41, 5.74) is 5.17. The molecule has 0 radical (unpaired) electrons. The number of aromatic nitrogens is 4. The van der Waals surface area contributed by atoms with E-state index in [4.69, 9.17) is 9.62 Å². The Hall–Kier alpha value is -3.30. The number of piperazine rings is 1. The summed E-state index contributed by atoms with van der Waals surface area (Å²) in [6.07, 6.45) is 2.96. The van der Waals surface area contributed by atoms with Gasteiger partial charge in [0.25, 0.3) is 5.91 Å². The quantitative estimate of drug-likeness (QED) is 0.438. The van der Waals surface area contributed by atoms with E-state index < -0.39 is 0 Å². The van der Waals surface area contributed by atoms with Crippen molar-refractivity contribution in [1.29, 1.82) is 0 Å². The van der Waals surface area contributed by atoms with Crippen molar-refractivity contribution in [2.24, 2.45) is 0 Å². The van der Waals surface area contributed by atoms with Crippen LogP contribution in [0.2, 0.25) is 0 Å². The molecule has 0 saturated carbocycles. The summed E-state index contributed by atoms with van der Waals surface area (Å²) in [5, 5.41) is 10.9. The van der Waals surface area contributed by atoms with Gasteiger partial charge in [0.1, 0.15) is 0 Å². The van der Waals surface area contributed by atoms with Gasteiger partial charge >= 0.3 is 0 Å². The normalized spacial score (nSPS) is 16.2. The number of hydrogen-bond donors (Lipinski definition) is 0. The Morgan fingerprint density at radius 3 is 2.68 bits per heavy atom. The topological polar surface area (TPSA) is 80.3 Å². The maximum absolute atomic E-state index is 13.4. The third kappa shape index (κ3) is 3.95. The minimum absolute atomic E-state index is 0.0430. The smallest absolute Gasteiger partial charge is 0.274 e. The van der Waals surface area contributed by atoms with Crippen LogP contribution in [0.3, 0.4) is 0 Å². The van der Waals surface area contributed by atoms with Gasteiger partial charge in [-0.25, -0.2) is 4.68 Å². The highest BCUT2D eigenvalue weighted by Crippen LogP contribution is 2.29. The van der Waals surface area contributed by atoms with E-state index in [1.165, 1.54) is 11.3 Å². The molecule has 1 amide bonds. The number of carbonyl (C=O) groups is 1. The highest BCUT2D eigenvalue weighted by atomic mass is 32.1. The largest absolute Gasteiger partial charge is 0.338 e. The van der Waals surface area contributed by atoms with Crippen LogP contribution in [0.15, 0.2) is 46.3 Å². The van der Waals surface area contributed by atoms with Gasteiger partial charge in [0, 0.05) is 37.4 Å². The molecule has 1 saturated heterocycles. The second-order valence-corrected chi connectivity index (χ2v) is 9.88. The molecular formula is C25H26N6O2S. The maximum atomic E-state index is 13.4. The Kier molecular flexibility index (Phi) is 5.50. The molecule has 0 unspecified atom stereocenters. The van der Waals surface area contributed by atoms with Crippen molar-refractivity contribution in [3.05, 3.63) is 70.2 Å². The van der Waals surface area contributed by atoms with Gasteiger partial charge < -0.3 is 9.42 Å². The molecule has 1 aromatic carbocycles. The molecule has 1 fully saturated rings. The summed E-state index contributed by atoms with van der Waals surface area (Å²) in [6, 6.07) is 12.3. The molecule has 0 spiro atoms. The Balaban J connectivity index is 1.13. The third-order valence-electron chi connectivity index (χ3n) is 6.64. The van der Waals surface area contributed by atoms with Gasteiger partial charge in [-0.15, -0.1) is 11.3 Å². The number of hydrogen-bond acceptors (Lipinski definition) is 7. The van der Waals surface area contributed by atoms with Crippen molar-refractivity contribution in [1.82, 2.24) is 29.7 Å². The van der Waals surface area contributed by atoms with Gasteiger partial charge in [-0.3, -0.25) is 9.69 Å². The van der Waals surface area contributed by atoms with E-state index >= 15 is 0 Å². The average molecular weight is 475 g/mol. The van der Waals surface area contributed by atoms with Gasteiger partial charge in [-0.1, -0.05) is 28.9 Å². The molecule has 6 rings (SSSR count). The van der Waals surface area contributed by atoms with Crippen molar-refractivity contribution in [3.63, 3.8) is 0 Å². The van der Waals surface area contributed by atoms with Crippen LogP contribution in [0, 0.1) is 6.92 Å². The first-order valence-electron chi connectivity index (χ1n) is 11.7. The number of amides is 1. The highest BCUT2D eigenvalue weighted by Gasteiger charge is 2.31. The maximum Gasteiger partial charge on any atom is 0.274 e. The Labute approximate surface area is 201 Å². The molecule has 0 N–H and O–H groups in total. The van der Waals surface area contributed by atoms with E-state index in [0.29, 0.717) is 37.0 Å². The lowest BCUT2D eigenvalue weighted by molar-refractivity contribution is 0.0608. The number of fused-ring (bicyclic) bond motifs is 1. The summed E-state index contributed by atoms with van der Waals surface area (Å²) in [7, 11) is 0. The molecule has 9 heteroatoms. The van der Waals surface area contributed by atoms with E-state index in [1.807, 2.05) is 27.1 Å². The second-order valence-electron chi connectivity index (χ2n) is 8.93. The zero-order valence-electron chi connectivity index (χ0n) is 19.1. The number of thiophene rings is 1. The number of carbonyl (C=O) groups excluding carboxylic acids is 1. The minimum Gasteiger partial charge on any atom is -0.338 e. The van der Waals surface area contributed by atoms with Crippen LogP contribution in [-0.4, -0.2) is 61.8 Å². The fraction of sp³-hybridized carbons (Fsp3) is 0.360. The second kappa shape index (κ2) is 8.81. The van der Waals surface area contributed by atoms with Crippen molar-refractivity contribution in [2.45, 2.75) is 32.7 Å². The van der Waals surface area contributed by atoms with Crippen LogP contribution in [0.5, 0.6) is 0 Å². The van der Waals surface area contributed by atoms with Crippen LogP contribution in [-0.2, 0) is 19.4 Å². The summed E-state index contributed by atoms with van der Waals surface area (Å²) in [6.45, 7) is 5.53. The monoisotopic (exact) mass is 474 g/mol. The zero-order chi connectivity index (χ0) is 23.1. The third-order valence-corrected chi connectivity index (χ3v) is 7.51. The van der Waals surface area contributed by atoms with Gasteiger partial charge in [-0.2, -0.15) is 10.1 Å². The Morgan fingerprint density at radius 2 is 1.91 bits per heavy atom. The fourth-order valence-electron chi connectivity index (χ4n) is 4.78. The van der Waals surface area contributed by atoms with E-state index in [9.17, 15) is 4.79 Å². The minimum atomic E-state index is 0.0430. The summed E-state index contributed by atoms with van der Waals surface area (Å²) >= 11 is 1.60. The van der Waals surface area contributed by atoms with E-state index in [0.717, 1.165) is 48.5 Å². The first kappa shape index (κ1) is 21.2. The van der Waals surface area contributed by atoms with Crippen molar-refractivity contribution in [3.8, 4) is 16.4 Å². The van der Waals surface area contributed by atoms with Crippen LogP contribution < -0.4 is 0 Å². The van der Waals surface area contributed by atoms with Gasteiger partial charge in [-0.05, 0) is 49.8 Å². The summed E-state index contributed by atoms with van der Waals surface area (Å²) in [4.78, 5) is 23.2. The fourth-order valence-corrected chi connectivity index (χ4v) is 5.43. The molecule has 8 nitrogen and oxygen atoms in total. The lowest BCUT2D eigenvalue weighted by Gasteiger charge is -2.33. The Morgan fingerprint density at radius 1 is 1.09 bits per heavy atom. The molecule has 4 aromatic rings. The number of benzene rings is 1. The molecule has 1 aliphatic heterocycles. The zero-order valence-corrected chi connectivity index (χ0v) is 19.9. The van der Waals surface area contributed by atoms with Crippen LogP contribution in [0.4, 0.5) is 0 Å². The van der Waals surface area contributed by atoms with Crippen molar-refractivity contribution >= 4 is 17.2 Å². The number of aryl methyl sites for hydroxylation is 1. The van der Waals surface area contributed by atoms with Crippen LogP contribution in [0.25, 0.3) is 16.4 Å². The van der Waals surface area contributed by atoms with E-state index in [-0.39, 0.29) is 5.91 Å². The lowest BCUT2D eigenvalue weighted by Crippen LogP contribution is -2.48. The van der Waals surface area contributed by atoms with E-state index in [2.05, 4.69) is 46.2 Å². The number of nitrogens with zero attached hydrogens (tertiary/aromatic N) is 6. The first-order chi connectivity index (χ1) is 16.7. The van der Waals surface area contributed by atoms with Gasteiger partial charge in [0.15, 0.2) is 5.69 Å². The SMILES string of the molecule is Cc1ccc(-n2nc(C(=O)N3CCN(Cc4nc(-c5cccs5)no4)CC3)c3c2CCC3)cc1. The summed E-state index contributed by atoms with van der Waals surface area (Å²) in [5.74, 6) is 1.29. The molecule has 4 heterocycles. The standard InChI is InChI=1S/C25H26N6O2S/c1-17-7-9-18(10-8-17)31-20-5-2-4-19(20)23(27-31)25(32)30-13-11-29(12-14-30)16-22-26-24(28-33-22)21-6-3-15-34-21/h3,6-10,15H,2,4-5,11-14,16H2,1H3. The lowest BCUT2D eigenvalue weighted by atomic mass is 10.1. The molecule has 2 aliphatic rings. The average Bonchev–Trinajstić information content (AvgIpc) is 3.64. The molecular weight excluding hydrogens is 448 g/mol.